The van der Waals surface area contributed by atoms with E-state index in [0.717, 1.165) is 25.8 Å². The van der Waals surface area contributed by atoms with E-state index in [1.54, 1.807) is 37.3 Å². The summed E-state index contributed by atoms with van der Waals surface area (Å²) in [5, 5.41) is 11.8. The van der Waals surface area contributed by atoms with Crippen LogP contribution in [0.5, 0.6) is 5.75 Å². The van der Waals surface area contributed by atoms with Gasteiger partial charge in [-0.15, -0.1) is 0 Å². The number of halogens is 1. The van der Waals surface area contributed by atoms with Gasteiger partial charge in [0.25, 0.3) is 11.8 Å². The van der Waals surface area contributed by atoms with E-state index in [2.05, 4.69) is 36.1 Å². The van der Waals surface area contributed by atoms with E-state index < -0.39 is 5.82 Å². The number of aryl methyl sites for hydroxylation is 1. The summed E-state index contributed by atoms with van der Waals surface area (Å²) in [5.41, 5.74) is 1.95. The maximum Gasteiger partial charge on any atom is 0.255 e. The van der Waals surface area contributed by atoms with Crippen molar-refractivity contribution < 1.29 is 23.5 Å². The number of aromatic nitrogens is 2. The fourth-order valence-corrected chi connectivity index (χ4v) is 4.11. The van der Waals surface area contributed by atoms with Gasteiger partial charge in [-0.25, -0.2) is 14.4 Å². The van der Waals surface area contributed by atoms with Gasteiger partial charge in [-0.05, 0) is 30.7 Å². The molecule has 4 N–H and O–H groups in total. The van der Waals surface area contributed by atoms with Gasteiger partial charge in [0.2, 0.25) is 0 Å². The molecule has 3 aromatic rings. The highest BCUT2D eigenvalue weighted by atomic mass is 19.1. The maximum atomic E-state index is 13.6. The third kappa shape index (κ3) is 6.98. The van der Waals surface area contributed by atoms with Gasteiger partial charge in [0.15, 0.2) is 5.75 Å². The standard InChI is InChI=1S/C27H32FN7O4/c1-17-13-23(32-16-20(17)28)34-24-14-22(19(15-31-24)26(36)29-2)33-21-6-4-5-18(25(21)38-3)27(37)30-7-8-35-9-11-39-12-10-35/h4-6,13-16H,7-12H2,1-3H3,(H,29,36)(H,30,37)(H2,31,32,33,34). The zero-order valence-corrected chi connectivity index (χ0v) is 22.1. The summed E-state index contributed by atoms with van der Waals surface area (Å²) in [5.74, 6) is 0.0516. The molecule has 1 aliphatic rings. The summed E-state index contributed by atoms with van der Waals surface area (Å²) in [7, 11) is 3.00. The maximum absolute atomic E-state index is 13.6. The number of hydrogen-bond acceptors (Lipinski definition) is 9. The molecule has 0 saturated carbocycles. The van der Waals surface area contributed by atoms with Crippen LogP contribution in [0.1, 0.15) is 26.3 Å². The molecule has 2 aromatic heterocycles. The van der Waals surface area contributed by atoms with E-state index in [0.29, 0.717) is 59.6 Å². The highest BCUT2D eigenvalue weighted by Crippen LogP contribution is 2.33. The normalized spacial score (nSPS) is 13.4. The second-order valence-electron chi connectivity index (χ2n) is 8.86. The number of ether oxygens (including phenoxy) is 2. The molecule has 0 spiro atoms. The molecular weight excluding hydrogens is 505 g/mol. The van der Waals surface area contributed by atoms with Crippen LogP contribution < -0.4 is 26.0 Å². The van der Waals surface area contributed by atoms with E-state index >= 15 is 0 Å². The highest BCUT2D eigenvalue weighted by molar-refractivity contribution is 6.02. The van der Waals surface area contributed by atoms with Crippen molar-refractivity contribution >= 4 is 34.8 Å². The molecule has 1 aliphatic heterocycles. The summed E-state index contributed by atoms with van der Waals surface area (Å²) >= 11 is 0. The SMILES string of the molecule is CNC(=O)c1cnc(Nc2cc(C)c(F)cn2)cc1Nc1cccc(C(=O)NCCN2CCOCC2)c1OC. The Morgan fingerprint density at radius 2 is 1.77 bits per heavy atom. The lowest BCUT2D eigenvalue weighted by atomic mass is 10.1. The van der Waals surface area contributed by atoms with E-state index in [1.165, 1.54) is 20.4 Å². The van der Waals surface area contributed by atoms with Crippen molar-refractivity contribution in [1.82, 2.24) is 25.5 Å². The highest BCUT2D eigenvalue weighted by Gasteiger charge is 2.19. The number of anilines is 4. The van der Waals surface area contributed by atoms with E-state index in [1.807, 2.05) is 0 Å². The molecule has 0 unspecified atom stereocenters. The lowest BCUT2D eigenvalue weighted by molar-refractivity contribution is 0.0383. The molecule has 11 nitrogen and oxygen atoms in total. The molecule has 3 heterocycles. The zero-order valence-electron chi connectivity index (χ0n) is 22.1. The van der Waals surface area contributed by atoms with Gasteiger partial charge in [0.05, 0.1) is 49.0 Å². The number of benzene rings is 1. The zero-order chi connectivity index (χ0) is 27.8. The van der Waals surface area contributed by atoms with Crippen LogP contribution in [0.2, 0.25) is 0 Å². The summed E-state index contributed by atoms with van der Waals surface area (Å²) in [6.45, 7) is 5.91. The molecule has 0 aliphatic carbocycles. The number of morpholine rings is 1. The Morgan fingerprint density at radius 3 is 2.49 bits per heavy atom. The number of amides is 2. The van der Waals surface area contributed by atoms with Gasteiger partial charge in [-0.1, -0.05) is 6.07 Å². The first-order chi connectivity index (χ1) is 18.9. The van der Waals surface area contributed by atoms with Crippen molar-refractivity contribution in [1.29, 1.82) is 0 Å². The topological polar surface area (TPSA) is 130 Å². The quantitative estimate of drug-likeness (QED) is 0.308. The lowest BCUT2D eigenvalue weighted by Gasteiger charge is -2.26. The number of nitrogens with one attached hydrogen (secondary N) is 4. The van der Waals surface area contributed by atoms with Crippen LogP contribution in [0.25, 0.3) is 0 Å². The number of rotatable bonds is 10. The second-order valence-corrected chi connectivity index (χ2v) is 8.86. The van der Waals surface area contributed by atoms with Crippen molar-refractivity contribution in [3.05, 3.63) is 65.2 Å². The number of nitrogens with zero attached hydrogens (tertiary/aromatic N) is 3. The molecule has 12 heteroatoms. The minimum atomic E-state index is -0.414. The van der Waals surface area contributed by atoms with Gasteiger partial charge in [0.1, 0.15) is 17.5 Å². The Morgan fingerprint density at radius 1 is 1.03 bits per heavy atom. The van der Waals surface area contributed by atoms with Gasteiger partial charge in [0, 0.05) is 45.5 Å². The number of hydrogen-bond donors (Lipinski definition) is 4. The summed E-state index contributed by atoms with van der Waals surface area (Å²) in [6.07, 6.45) is 2.53. The fraction of sp³-hybridized carbons (Fsp3) is 0.333. The van der Waals surface area contributed by atoms with Gasteiger partial charge >= 0.3 is 0 Å². The second kappa shape index (κ2) is 13.0. The molecular formula is C27H32FN7O4. The van der Waals surface area contributed by atoms with Crippen LogP contribution in [-0.2, 0) is 4.74 Å². The van der Waals surface area contributed by atoms with Crippen molar-refractivity contribution in [2.45, 2.75) is 6.92 Å². The van der Waals surface area contributed by atoms with Crippen molar-refractivity contribution in [3.8, 4) is 5.75 Å². The number of carbonyl (C=O) groups is 2. The monoisotopic (exact) mass is 537 g/mol. The number of methoxy groups -OCH3 is 1. The predicted octanol–water partition coefficient (Wildman–Crippen LogP) is 2.84. The Labute approximate surface area is 226 Å². The first kappa shape index (κ1) is 27.7. The average Bonchev–Trinajstić information content (AvgIpc) is 2.95. The molecule has 0 atom stereocenters. The molecule has 206 valence electrons. The number of pyridine rings is 2. The minimum Gasteiger partial charge on any atom is -0.494 e. The molecule has 0 radical (unpaired) electrons. The third-order valence-electron chi connectivity index (χ3n) is 6.23. The molecule has 0 bridgehead atoms. The molecule has 1 aromatic carbocycles. The largest absolute Gasteiger partial charge is 0.494 e. The van der Waals surface area contributed by atoms with Crippen molar-refractivity contribution in [2.75, 3.05) is 64.2 Å². The first-order valence-electron chi connectivity index (χ1n) is 12.5. The van der Waals surface area contributed by atoms with Crippen LogP contribution in [0.3, 0.4) is 0 Å². The van der Waals surface area contributed by atoms with E-state index in [9.17, 15) is 14.0 Å². The van der Waals surface area contributed by atoms with Crippen LogP contribution in [0, 0.1) is 12.7 Å². The lowest BCUT2D eigenvalue weighted by Crippen LogP contribution is -2.41. The first-order valence-corrected chi connectivity index (χ1v) is 12.5. The predicted molar refractivity (Wildman–Crippen MR) is 146 cm³/mol. The van der Waals surface area contributed by atoms with Crippen LogP contribution >= 0.6 is 0 Å². The van der Waals surface area contributed by atoms with Crippen LogP contribution in [0.15, 0.2) is 42.7 Å². The molecule has 4 rings (SSSR count). The van der Waals surface area contributed by atoms with Crippen molar-refractivity contribution in [3.63, 3.8) is 0 Å². The van der Waals surface area contributed by atoms with Gasteiger partial charge < -0.3 is 30.7 Å². The Bertz CT molecular complexity index is 1330. The molecule has 1 fully saturated rings. The van der Waals surface area contributed by atoms with Crippen molar-refractivity contribution in [2.24, 2.45) is 0 Å². The Kier molecular flexibility index (Phi) is 9.23. The number of para-hydroxylation sites is 1. The Hall–Kier alpha value is -4.29. The fourth-order valence-electron chi connectivity index (χ4n) is 4.11. The summed E-state index contributed by atoms with van der Waals surface area (Å²) in [4.78, 5) is 36.2. The van der Waals surface area contributed by atoms with Crippen LogP contribution in [-0.4, -0.2) is 80.2 Å². The number of carbonyl (C=O) groups excluding carboxylic acids is 2. The summed E-state index contributed by atoms with van der Waals surface area (Å²) < 4.78 is 24.6. The summed E-state index contributed by atoms with van der Waals surface area (Å²) in [6, 6.07) is 8.33. The van der Waals surface area contributed by atoms with E-state index in [-0.39, 0.29) is 17.4 Å². The molecule has 1 saturated heterocycles. The minimum absolute atomic E-state index is 0.272. The van der Waals surface area contributed by atoms with E-state index in [4.69, 9.17) is 9.47 Å². The van der Waals surface area contributed by atoms with Gasteiger partial charge in [-0.2, -0.15) is 0 Å². The average molecular weight is 538 g/mol. The van der Waals surface area contributed by atoms with Crippen LogP contribution in [0.4, 0.5) is 27.4 Å². The Balaban J connectivity index is 1.56. The third-order valence-corrected chi connectivity index (χ3v) is 6.23. The molecule has 39 heavy (non-hydrogen) atoms. The van der Waals surface area contributed by atoms with Gasteiger partial charge in [-0.3, -0.25) is 14.5 Å². The molecule has 2 amide bonds. The smallest absolute Gasteiger partial charge is 0.255 e.